The summed E-state index contributed by atoms with van der Waals surface area (Å²) in [6, 6.07) is 37.5. The van der Waals surface area contributed by atoms with Gasteiger partial charge >= 0.3 is 11.9 Å². The third-order valence-corrected chi connectivity index (χ3v) is 13.4. The van der Waals surface area contributed by atoms with Crippen molar-refractivity contribution in [2.75, 3.05) is 40.3 Å². The monoisotopic (exact) mass is 802 g/mol. The maximum absolute atomic E-state index is 13.8. The minimum absolute atomic E-state index is 0. The van der Waals surface area contributed by atoms with Gasteiger partial charge in [0, 0.05) is 37.1 Å². The van der Waals surface area contributed by atoms with E-state index in [9.17, 15) is 9.59 Å². The lowest BCUT2D eigenvalue weighted by Gasteiger charge is -2.43. The molecule has 2 N–H and O–H groups in total. The average molecular weight is 803 g/mol. The molecule has 2 aliphatic carbocycles. The first-order valence-corrected chi connectivity index (χ1v) is 21.7. The standard InChI is InChI=1S/C50H60N2O6.H2O/c1-51(33-15-21-37-17-5-3-6-18-37)35-31-49-29-13-27-43(45(49)39-23-9-11-25-41(39)57-49)55-47(53)48(54)56-44-28-14-30-50(46(44)40-24-10-12-26-42(40)58-50)32-36-52(2)34-16-22-38-19-7-4-8-20-38;/h3-12,17-20,23-26,43-46H,13-16,21-22,27-36H2,1-2H3;1H2. The van der Waals surface area contributed by atoms with Crippen LogP contribution in [-0.2, 0) is 31.9 Å². The molecule has 8 rings (SSSR count). The van der Waals surface area contributed by atoms with Crippen LogP contribution < -0.4 is 9.47 Å². The number of esters is 2. The molecule has 0 spiro atoms. The van der Waals surface area contributed by atoms with Crippen molar-refractivity contribution < 1.29 is 34.0 Å². The van der Waals surface area contributed by atoms with E-state index in [1.54, 1.807) is 0 Å². The van der Waals surface area contributed by atoms with Gasteiger partial charge < -0.3 is 34.2 Å². The summed E-state index contributed by atoms with van der Waals surface area (Å²) in [5.41, 5.74) is 3.82. The van der Waals surface area contributed by atoms with E-state index >= 15 is 0 Å². The molecule has 9 nitrogen and oxygen atoms in total. The molecule has 2 saturated carbocycles. The number of nitrogens with zero attached hydrogens (tertiary/aromatic N) is 2. The molecule has 2 heterocycles. The molecular weight excluding hydrogens is 741 g/mol. The lowest BCUT2D eigenvalue weighted by Crippen LogP contribution is -2.51. The van der Waals surface area contributed by atoms with Crippen molar-refractivity contribution in [3.05, 3.63) is 131 Å². The van der Waals surface area contributed by atoms with Gasteiger partial charge in [0.1, 0.15) is 34.9 Å². The summed E-state index contributed by atoms with van der Waals surface area (Å²) in [6.45, 7) is 3.69. The second kappa shape index (κ2) is 19.1. The van der Waals surface area contributed by atoms with E-state index in [0.717, 1.165) is 113 Å². The Balaban J connectivity index is 0.00000528. The minimum Gasteiger partial charge on any atom is -0.486 e. The molecule has 0 saturated heterocycles. The van der Waals surface area contributed by atoms with Gasteiger partial charge in [0.15, 0.2) is 0 Å². The summed E-state index contributed by atoms with van der Waals surface area (Å²) in [6.07, 6.45) is 9.66. The number of hydrogen-bond donors (Lipinski definition) is 0. The number of carbonyl (C=O) groups is 2. The van der Waals surface area contributed by atoms with Crippen LogP contribution in [0.15, 0.2) is 109 Å². The molecule has 9 heteroatoms. The summed E-state index contributed by atoms with van der Waals surface area (Å²) in [5, 5.41) is 0. The van der Waals surface area contributed by atoms with Gasteiger partial charge in [0.25, 0.3) is 0 Å². The molecule has 0 aromatic heterocycles. The first-order chi connectivity index (χ1) is 28.3. The lowest BCUT2D eigenvalue weighted by atomic mass is 9.70. The highest BCUT2D eigenvalue weighted by Crippen LogP contribution is 2.56. The van der Waals surface area contributed by atoms with E-state index in [4.69, 9.17) is 18.9 Å². The van der Waals surface area contributed by atoms with Crippen LogP contribution in [0.4, 0.5) is 0 Å². The summed E-state index contributed by atoms with van der Waals surface area (Å²) < 4.78 is 26.1. The zero-order chi connectivity index (χ0) is 40.0. The third kappa shape index (κ3) is 9.53. The maximum Gasteiger partial charge on any atom is 0.417 e. The SMILES string of the molecule is CN(CCCc1ccccc1)CCC12CCCC(OC(=O)C(=O)OC3CCCC4(CCN(C)CCCc5ccccc5)Oc5ccccc5C34)C1c1ccccc1O2.O. The molecule has 0 radical (unpaired) electrons. The van der Waals surface area contributed by atoms with Crippen LogP contribution in [0.1, 0.15) is 98.3 Å². The van der Waals surface area contributed by atoms with Crippen molar-refractivity contribution >= 4 is 11.9 Å². The zero-order valence-corrected chi connectivity index (χ0v) is 34.9. The number of ether oxygens (including phenoxy) is 4. The molecule has 4 aromatic carbocycles. The van der Waals surface area contributed by atoms with E-state index in [-0.39, 0.29) is 17.3 Å². The molecule has 6 unspecified atom stereocenters. The Bertz CT molecular complexity index is 1850. The molecule has 4 aliphatic rings. The Labute approximate surface area is 350 Å². The molecule has 4 aromatic rings. The van der Waals surface area contributed by atoms with Crippen LogP contribution in [0, 0.1) is 0 Å². The highest BCUT2D eigenvalue weighted by Gasteiger charge is 2.57. The van der Waals surface area contributed by atoms with Crippen LogP contribution in [0.2, 0.25) is 0 Å². The number of para-hydroxylation sites is 2. The number of aryl methyl sites for hydroxylation is 2. The van der Waals surface area contributed by atoms with E-state index in [2.05, 4.69) is 96.7 Å². The Kier molecular flexibility index (Phi) is 13.8. The van der Waals surface area contributed by atoms with Gasteiger partial charge in [-0.2, -0.15) is 0 Å². The summed E-state index contributed by atoms with van der Waals surface area (Å²) >= 11 is 0. The normalized spacial score (nSPS) is 25.1. The number of rotatable bonds is 16. The molecule has 314 valence electrons. The minimum atomic E-state index is -0.912. The summed E-state index contributed by atoms with van der Waals surface area (Å²) in [7, 11) is 4.35. The van der Waals surface area contributed by atoms with Crippen LogP contribution >= 0.6 is 0 Å². The topological polar surface area (TPSA) is 109 Å². The van der Waals surface area contributed by atoms with Crippen LogP contribution in [0.25, 0.3) is 0 Å². The van der Waals surface area contributed by atoms with Crippen molar-refractivity contribution in [2.45, 2.75) is 112 Å². The van der Waals surface area contributed by atoms with Crippen LogP contribution in [0.3, 0.4) is 0 Å². The van der Waals surface area contributed by atoms with Crippen molar-refractivity contribution in [1.29, 1.82) is 0 Å². The Morgan fingerprint density at radius 2 is 0.966 bits per heavy atom. The van der Waals surface area contributed by atoms with E-state index < -0.39 is 35.3 Å². The molecule has 6 atom stereocenters. The van der Waals surface area contributed by atoms with Crippen LogP contribution in [0.5, 0.6) is 11.5 Å². The smallest absolute Gasteiger partial charge is 0.417 e. The fraction of sp³-hybridized carbons (Fsp3) is 0.480. The first kappa shape index (κ1) is 42.4. The van der Waals surface area contributed by atoms with E-state index in [1.807, 2.05) is 36.4 Å². The van der Waals surface area contributed by atoms with Crippen molar-refractivity contribution in [3.8, 4) is 11.5 Å². The first-order valence-electron chi connectivity index (χ1n) is 21.7. The Morgan fingerprint density at radius 3 is 1.39 bits per heavy atom. The van der Waals surface area contributed by atoms with Gasteiger partial charge in [-0.3, -0.25) is 0 Å². The van der Waals surface area contributed by atoms with Gasteiger partial charge in [-0.25, -0.2) is 9.59 Å². The predicted molar refractivity (Wildman–Crippen MR) is 230 cm³/mol. The summed E-state index contributed by atoms with van der Waals surface area (Å²) in [5.74, 6) is -0.437. The van der Waals surface area contributed by atoms with Gasteiger partial charge in [0.2, 0.25) is 0 Å². The van der Waals surface area contributed by atoms with Gasteiger partial charge in [-0.1, -0.05) is 97.1 Å². The number of benzene rings is 4. The molecule has 0 amide bonds. The van der Waals surface area contributed by atoms with Crippen LogP contribution in [-0.4, -0.2) is 90.9 Å². The fourth-order valence-electron chi connectivity index (χ4n) is 10.5. The van der Waals surface area contributed by atoms with Crippen molar-refractivity contribution in [3.63, 3.8) is 0 Å². The quantitative estimate of drug-likeness (QED) is 0.0827. The zero-order valence-electron chi connectivity index (χ0n) is 34.9. The molecular formula is C50H62N2O7. The Morgan fingerprint density at radius 1 is 0.576 bits per heavy atom. The predicted octanol–water partition coefficient (Wildman–Crippen LogP) is 8.09. The fourth-order valence-corrected chi connectivity index (χ4v) is 10.5. The number of carbonyl (C=O) groups excluding carboxylic acids is 2. The van der Waals surface area contributed by atoms with Crippen molar-refractivity contribution in [1.82, 2.24) is 9.80 Å². The largest absolute Gasteiger partial charge is 0.486 e. The van der Waals surface area contributed by atoms with Gasteiger partial charge in [-0.15, -0.1) is 0 Å². The highest BCUT2D eigenvalue weighted by atomic mass is 16.6. The molecule has 2 fully saturated rings. The van der Waals surface area contributed by atoms with Gasteiger partial charge in [-0.05, 0) is 115 Å². The molecule has 2 aliphatic heterocycles. The van der Waals surface area contributed by atoms with Gasteiger partial charge in [0.05, 0.1) is 11.8 Å². The van der Waals surface area contributed by atoms with E-state index in [0.29, 0.717) is 12.8 Å². The summed E-state index contributed by atoms with van der Waals surface area (Å²) in [4.78, 5) is 32.5. The Hall–Kier alpha value is -4.70. The molecule has 59 heavy (non-hydrogen) atoms. The molecule has 0 bridgehead atoms. The lowest BCUT2D eigenvalue weighted by molar-refractivity contribution is -0.181. The third-order valence-electron chi connectivity index (χ3n) is 13.4. The van der Waals surface area contributed by atoms with E-state index in [1.165, 1.54) is 11.1 Å². The number of hydrogen-bond acceptors (Lipinski definition) is 8. The van der Waals surface area contributed by atoms with Crippen molar-refractivity contribution in [2.24, 2.45) is 0 Å². The maximum atomic E-state index is 13.8. The second-order valence-electron chi connectivity index (χ2n) is 17.3. The second-order valence-corrected chi connectivity index (χ2v) is 17.3. The number of fused-ring (bicyclic) bond motifs is 6. The highest BCUT2D eigenvalue weighted by molar-refractivity contribution is 6.29. The average Bonchev–Trinajstić information content (AvgIpc) is 3.77.